The van der Waals surface area contributed by atoms with E-state index in [9.17, 15) is 0 Å². The lowest BCUT2D eigenvalue weighted by Crippen LogP contribution is -2.52. The molecule has 0 saturated carbocycles. The van der Waals surface area contributed by atoms with Gasteiger partial charge in [-0.2, -0.15) is 0 Å². The molecule has 0 aliphatic carbocycles. The Kier molecular flexibility index (Phi) is 6.57. The quantitative estimate of drug-likeness (QED) is 0.474. The Morgan fingerprint density at radius 2 is 2.00 bits per heavy atom. The van der Waals surface area contributed by atoms with Crippen LogP contribution in [0.1, 0.15) is 17.2 Å². The van der Waals surface area contributed by atoms with Gasteiger partial charge in [-0.3, -0.25) is 0 Å². The summed E-state index contributed by atoms with van der Waals surface area (Å²) in [6.07, 6.45) is 1.84. The molecular weight excluding hydrogens is 374 g/mol. The normalized spacial score (nSPS) is 15.1. The number of piperazine rings is 1. The number of guanidine groups is 1. The van der Waals surface area contributed by atoms with Gasteiger partial charge in [0, 0.05) is 50.5 Å². The van der Waals surface area contributed by atoms with Crippen LogP contribution in [-0.2, 0) is 13.6 Å². The molecule has 1 saturated heterocycles. The minimum Gasteiger partial charge on any atom is -0.368 e. The van der Waals surface area contributed by atoms with Crippen LogP contribution in [0.2, 0.25) is 5.02 Å². The first-order chi connectivity index (χ1) is 13.5. The summed E-state index contributed by atoms with van der Waals surface area (Å²) in [5, 5.41) is 12.5. The van der Waals surface area contributed by atoms with Crippen LogP contribution < -0.4 is 10.2 Å². The van der Waals surface area contributed by atoms with Gasteiger partial charge in [-0.1, -0.05) is 23.7 Å². The van der Waals surface area contributed by atoms with E-state index in [0.29, 0.717) is 13.1 Å². The maximum Gasteiger partial charge on any atom is 0.194 e. The predicted octanol–water partition coefficient (Wildman–Crippen LogP) is 2.54. The van der Waals surface area contributed by atoms with Crippen LogP contribution in [0.3, 0.4) is 0 Å². The molecule has 150 valence electrons. The molecule has 0 bridgehead atoms. The molecule has 1 fully saturated rings. The topological polar surface area (TPSA) is 61.6 Å². The third-order valence-electron chi connectivity index (χ3n) is 5.05. The first-order valence-electron chi connectivity index (χ1n) is 9.49. The van der Waals surface area contributed by atoms with Crippen molar-refractivity contribution < 1.29 is 0 Å². The number of aliphatic imine (C=N–C) groups is 1. The number of hydrogen-bond donors (Lipinski definition) is 1. The molecule has 0 unspecified atom stereocenters. The van der Waals surface area contributed by atoms with Crippen molar-refractivity contribution in [2.24, 2.45) is 12.0 Å². The van der Waals surface area contributed by atoms with Crippen LogP contribution in [0.4, 0.5) is 5.69 Å². The lowest BCUT2D eigenvalue weighted by molar-refractivity contribution is 0.373. The number of rotatable bonds is 5. The Bertz CT molecular complexity index is 850. The van der Waals surface area contributed by atoms with Gasteiger partial charge in [-0.05, 0) is 31.5 Å². The van der Waals surface area contributed by atoms with Gasteiger partial charge in [0.05, 0.1) is 0 Å². The Labute approximate surface area is 171 Å². The summed E-state index contributed by atoms with van der Waals surface area (Å²) in [5.74, 6) is 2.61. The first-order valence-corrected chi connectivity index (χ1v) is 9.87. The van der Waals surface area contributed by atoms with Crippen molar-refractivity contribution in [2.75, 3.05) is 37.6 Å². The second-order valence-electron chi connectivity index (χ2n) is 6.94. The molecular formula is C20H28ClN7. The molecule has 28 heavy (non-hydrogen) atoms. The van der Waals surface area contributed by atoms with Gasteiger partial charge < -0.3 is 19.7 Å². The van der Waals surface area contributed by atoms with E-state index in [1.54, 1.807) is 0 Å². The Balaban J connectivity index is 1.68. The monoisotopic (exact) mass is 401 g/mol. The molecule has 1 aromatic heterocycles. The van der Waals surface area contributed by atoms with E-state index >= 15 is 0 Å². The zero-order valence-electron chi connectivity index (χ0n) is 16.8. The van der Waals surface area contributed by atoms with E-state index < -0.39 is 0 Å². The van der Waals surface area contributed by atoms with Gasteiger partial charge in [0.25, 0.3) is 0 Å². The molecule has 7 nitrogen and oxygen atoms in total. The number of aromatic nitrogens is 3. The van der Waals surface area contributed by atoms with Gasteiger partial charge >= 0.3 is 0 Å². The van der Waals surface area contributed by atoms with Gasteiger partial charge in [-0.25, -0.2) is 4.99 Å². The maximum atomic E-state index is 6.20. The molecule has 0 atom stereocenters. The minimum atomic E-state index is 0.491. The number of benzene rings is 1. The molecule has 8 heteroatoms. The standard InChI is InChI=1S/C20H28ClN7/c1-5-8-22-20(23-14-19-25-24-16(3)26(19)4)28-11-9-27(10-12-28)18-13-17(21)7-6-15(18)2/h5-7,13H,1,8-12,14H2,2-4H3,(H,22,23). The summed E-state index contributed by atoms with van der Waals surface area (Å²) in [6, 6.07) is 6.06. The van der Waals surface area contributed by atoms with Crippen molar-refractivity contribution in [2.45, 2.75) is 20.4 Å². The summed E-state index contributed by atoms with van der Waals surface area (Å²) in [4.78, 5) is 9.44. The summed E-state index contributed by atoms with van der Waals surface area (Å²) < 4.78 is 1.97. The second-order valence-corrected chi connectivity index (χ2v) is 7.37. The molecule has 2 heterocycles. The van der Waals surface area contributed by atoms with E-state index in [0.717, 1.165) is 48.8 Å². The van der Waals surface area contributed by atoms with Crippen LogP contribution in [-0.4, -0.2) is 58.3 Å². The van der Waals surface area contributed by atoms with Crippen molar-refractivity contribution in [3.8, 4) is 0 Å². The molecule has 0 spiro atoms. The third-order valence-corrected chi connectivity index (χ3v) is 5.28. The van der Waals surface area contributed by atoms with Crippen LogP contribution >= 0.6 is 11.6 Å². The molecule has 1 aliphatic rings. The van der Waals surface area contributed by atoms with Crippen molar-refractivity contribution in [1.82, 2.24) is 25.0 Å². The van der Waals surface area contributed by atoms with Gasteiger partial charge in [-0.15, -0.1) is 16.8 Å². The molecule has 3 rings (SSSR count). The molecule has 1 N–H and O–H groups in total. The minimum absolute atomic E-state index is 0.491. The largest absolute Gasteiger partial charge is 0.368 e. The van der Waals surface area contributed by atoms with E-state index in [1.807, 2.05) is 36.7 Å². The lowest BCUT2D eigenvalue weighted by atomic mass is 10.1. The average molecular weight is 402 g/mol. The van der Waals surface area contributed by atoms with Crippen molar-refractivity contribution >= 4 is 23.2 Å². The average Bonchev–Trinajstić information content (AvgIpc) is 3.02. The van der Waals surface area contributed by atoms with Crippen LogP contribution in [0.15, 0.2) is 35.8 Å². The molecule has 0 radical (unpaired) electrons. The summed E-state index contributed by atoms with van der Waals surface area (Å²) in [7, 11) is 1.96. The number of nitrogens with one attached hydrogen (secondary N) is 1. The first kappa shape index (κ1) is 20.2. The van der Waals surface area contributed by atoms with Crippen molar-refractivity contribution in [3.05, 3.63) is 53.1 Å². The fourth-order valence-corrected chi connectivity index (χ4v) is 3.41. The highest BCUT2D eigenvalue weighted by Crippen LogP contribution is 2.25. The fraction of sp³-hybridized carbons (Fsp3) is 0.450. The zero-order valence-corrected chi connectivity index (χ0v) is 17.6. The molecule has 1 aliphatic heterocycles. The maximum absolute atomic E-state index is 6.20. The summed E-state index contributed by atoms with van der Waals surface area (Å²) in [5.41, 5.74) is 2.45. The number of halogens is 1. The highest BCUT2D eigenvalue weighted by Gasteiger charge is 2.21. The van der Waals surface area contributed by atoms with Gasteiger partial charge in [0.1, 0.15) is 12.4 Å². The predicted molar refractivity (Wildman–Crippen MR) is 115 cm³/mol. The summed E-state index contributed by atoms with van der Waals surface area (Å²) in [6.45, 7) is 12.6. The second kappa shape index (κ2) is 9.10. The Morgan fingerprint density at radius 3 is 2.64 bits per heavy atom. The molecule has 1 aromatic carbocycles. The van der Waals surface area contributed by atoms with Crippen LogP contribution in [0, 0.1) is 13.8 Å². The number of aryl methyl sites for hydroxylation is 2. The Hall–Kier alpha value is -2.54. The van der Waals surface area contributed by atoms with Crippen LogP contribution in [0.5, 0.6) is 0 Å². The summed E-state index contributed by atoms with van der Waals surface area (Å²) >= 11 is 6.20. The zero-order chi connectivity index (χ0) is 20.1. The number of anilines is 1. The van der Waals surface area contributed by atoms with Crippen molar-refractivity contribution in [3.63, 3.8) is 0 Å². The lowest BCUT2D eigenvalue weighted by Gasteiger charge is -2.38. The van der Waals surface area contributed by atoms with Crippen molar-refractivity contribution in [1.29, 1.82) is 0 Å². The highest BCUT2D eigenvalue weighted by molar-refractivity contribution is 6.30. The SMILES string of the molecule is C=CCNC(=NCc1nnc(C)n1C)N1CCN(c2cc(Cl)ccc2C)CC1. The third kappa shape index (κ3) is 4.65. The molecule has 2 aromatic rings. The number of hydrogen-bond acceptors (Lipinski definition) is 4. The van der Waals surface area contributed by atoms with Gasteiger partial charge in [0.15, 0.2) is 11.8 Å². The van der Waals surface area contributed by atoms with Crippen LogP contribution in [0.25, 0.3) is 0 Å². The van der Waals surface area contributed by atoms with Gasteiger partial charge in [0.2, 0.25) is 0 Å². The fourth-order valence-electron chi connectivity index (χ4n) is 3.25. The molecule has 0 amide bonds. The van der Waals surface area contributed by atoms with E-state index in [4.69, 9.17) is 16.6 Å². The van der Waals surface area contributed by atoms with E-state index in [2.05, 4.69) is 44.9 Å². The van der Waals surface area contributed by atoms with E-state index in [1.165, 1.54) is 11.3 Å². The van der Waals surface area contributed by atoms with E-state index in [-0.39, 0.29) is 0 Å². The number of nitrogens with zero attached hydrogens (tertiary/aromatic N) is 6. The Morgan fingerprint density at radius 1 is 1.25 bits per heavy atom. The highest BCUT2D eigenvalue weighted by atomic mass is 35.5. The smallest absolute Gasteiger partial charge is 0.194 e.